The number of aryl methyl sites for hydroxylation is 2. The van der Waals surface area contributed by atoms with E-state index < -0.39 is 0 Å². The number of carbonyl (C=O) groups is 1. The van der Waals surface area contributed by atoms with Gasteiger partial charge in [-0.1, -0.05) is 60.7 Å². The van der Waals surface area contributed by atoms with E-state index in [2.05, 4.69) is 15.6 Å². The normalized spacial score (nSPS) is 10.3. The van der Waals surface area contributed by atoms with Crippen molar-refractivity contribution in [1.82, 2.24) is 15.2 Å². The summed E-state index contributed by atoms with van der Waals surface area (Å²) >= 11 is 0. The van der Waals surface area contributed by atoms with Crippen LogP contribution in [-0.4, -0.2) is 21.4 Å². The average Bonchev–Trinajstić information content (AvgIpc) is 3.04. The number of benzene rings is 2. The molecule has 1 aromatic heterocycles. The standard InChI is InChI=1S/C20H20N4O/c1-3-24-18(14-15(2)23-24)20(25)22-21-19(16-10-6-4-7-11-16)17-12-8-5-9-13-17/h4-14H,3H2,1-2H3,(H,22,25). The highest BCUT2D eigenvalue weighted by Crippen LogP contribution is 2.11. The zero-order valence-corrected chi connectivity index (χ0v) is 14.3. The van der Waals surface area contributed by atoms with Gasteiger partial charge in [0.1, 0.15) is 5.69 Å². The van der Waals surface area contributed by atoms with Crippen LogP contribution in [0.5, 0.6) is 0 Å². The quantitative estimate of drug-likeness (QED) is 0.575. The fourth-order valence-corrected chi connectivity index (χ4v) is 2.62. The van der Waals surface area contributed by atoms with Crippen molar-refractivity contribution in [2.45, 2.75) is 20.4 Å². The molecule has 1 amide bonds. The highest BCUT2D eigenvalue weighted by Gasteiger charge is 2.13. The van der Waals surface area contributed by atoms with Gasteiger partial charge in [-0.05, 0) is 19.9 Å². The van der Waals surface area contributed by atoms with Crippen LogP contribution in [0, 0.1) is 6.92 Å². The van der Waals surface area contributed by atoms with Crippen LogP contribution in [0.15, 0.2) is 71.8 Å². The van der Waals surface area contributed by atoms with Gasteiger partial charge in [-0.25, -0.2) is 5.43 Å². The van der Waals surface area contributed by atoms with E-state index in [0.717, 1.165) is 16.8 Å². The van der Waals surface area contributed by atoms with Crippen molar-refractivity contribution in [2.24, 2.45) is 5.10 Å². The SMILES string of the molecule is CCn1nc(C)cc1C(=O)NN=C(c1ccccc1)c1ccccc1. The van der Waals surface area contributed by atoms with E-state index in [0.29, 0.717) is 18.0 Å². The van der Waals surface area contributed by atoms with Crippen LogP contribution >= 0.6 is 0 Å². The van der Waals surface area contributed by atoms with Crippen LogP contribution in [0.4, 0.5) is 0 Å². The molecule has 1 N–H and O–H groups in total. The predicted octanol–water partition coefficient (Wildman–Crippen LogP) is 3.39. The molecule has 0 aliphatic rings. The lowest BCUT2D eigenvalue weighted by Crippen LogP contribution is -2.23. The van der Waals surface area contributed by atoms with Crippen LogP contribution in [-0.2, 0) is 6.54 Å². The second kappa shape index (κ2) is 7.57. The Morgan fingerprint density at radius 2 is 1.60 bits per heavy atom. The first-order chi connectivity index (χ1) is 12.2. The fourth-order valence-electron chi connectivity index (χ4n) is 2.62. The molecule has 0 saturated heterocycles. The molecule has 5 heteroatoms. The fraction of sp³-hybridized carbons (Fsp3) is 0.150. The molecule has 0 fully saturated rings. The molecule has 25 heavy (non-hydrogen) atoms. The van der Waals surface area contributed by atoms with Gasteiger partial charge in [0.2, 0.25) is 0 Å². The minimum atomic E-state index is -0.271. The molecule has 0 atom stereocenters. The van der Waals surface area contributed by atoms with Crippen molar-refractivity contribution >= 4 is 11.6 Å². The van der Waals surface area contributed by atoms with Crippen molar-refractivity contribution in [1.29, 1.82) is 0 Å². The smallest absolute Gasteiger partial charge is 0.266 e. The third kappa shape index (κ3) is 3.83. The van der Waals surface area contributed by atoms with Gasteiger partial charge in [0.05, 0.1) is 11.4 Å². The van der Waals surface area contributed by atoms with E-state index in [-0.39, 0.29) is 5.91 Å². The van der Waals surface area contributed by atoms with E-state index in [1.165, 1.54) is 0 Å². The van der Waals surface area contributed by atoms with Crippen molar-refractivity contribution in [3.05, 3.63) is 89.2 Å². The van der Waals surface area contributed by atoms with E-state index in [1.807, 2.05) is 74.5 Å². The first-order valence-corrected chi connectivity index (χ1v) is 8.22. The maximum Gasteiger partial charge on any atom is 0.289 e. The van der Waals surface area contributed by atoms with Crippen LogP contribution in [0.2, 0.25) is 0 Å². The first kappa shape index (κ1) is 16.6. The number of carbonyl (C=O) groups excluding carboxylic acids is 1. The molecule has 0 aliphatic heterocycles. The summed E-state index contributed by atoms with van der Waals surface area (Å²) in [5.41, 5.74) is 6.58. The highest BCUT2D eigenvalue weighted by atomic mass is 16.2. The largest absolute Gasteiger partial charge is 0.289 e. The van der Waals surface area contributed by atoms with Crippen LogP contribution < -0.4 is 5.43 Å². The monoisotopic (exact) mass is 332 g/mol. The van der Waals surface area contributed by atoms with Crippen molar-refractivity contribution in [3.8, 4) is 0 Å². The molecule has 5 nitrogen and oxygen atoms in total. The summed E-state index contributed by atoms with van der Waals surface area (Å²) < 4.78 is 1.67. The molecule has 2 aromatic carbocycles. The average molecular weight is 332 g/mol. The number of amides is 1. The van der Waals surface area contributed by atoms with Crippen LogP contribution in [0.1, 0.15) is 34.2 Å². The summed E-state index contributed by atoms with van der Waals surface area (Å²) in [5, 5.41) is 8.70. The van der Waals surface area contributed by atoms with Gasteiger partial charge >= 0.3 is 0 Å². The second-order valence-electron chi connectivity index (χ2n) is 5.62. The Hall–Kier alpha value is -3.21. The topological polar surface area (TPSA) is 59.3 Å². The Balaban J connectivity index is 1.93. The Bertz CT molecular complexity index is 841. The summed E-state index contributed by atoms with van der Waals surface area (Å²) in [4.78, 5) is 12.5. The number of hydrogen-bond donors (Lipinski definition) is 1. The van der Waals surface area contributed by atoms with Crippen LogP contribution in [0.3, 0.4) is 0 Å². The first-order valence-electron chi connectivity index (χ1n) is 8.22. The van der Waals surface area contributed by atoms with Gasteiger partial charge < -0.3 is 0 Å². The number of aromatic nitrogens is 2. The Kier molecular flexibility index (Phi) is 5.04. The van der Waals surface area contributed by atoms with Gasteiger partial charge in [0, 0.05) is 17.7 Å². The van der Waals surface area contributed by atoms with E-state index in [9.17, 15) is 4.79 Å². The molecule has 0 aliphatic carbocycles. The lowest BCUT2D eigenvalue weighted by atomic mass is 10.0. The summed E-state index contributed by atoms with van der Waals surface area (Å²) in [7, 11) is 0. The molecule has 0 spiro atoms. The Morgan fingerprint density at radius 3 is 2.12 bits per heavy atom. The van der Waals surface area contributed by atoms with Crippen molar-refractivity contribution in [2.75, 3.05) is 0 Å². The number of nitrogens with one attached hydrogen (secondary N) is 1. The zero-order chi connectivity index (χ0) is 17.6. The zero-order valence-electron chi connectivity index (χ0n) is 14.3. The summed E-state index contributed by atoms with van der Waals surface area (Å²) in [6.45, 7) is 4.45. The number of hydrazone groups is 1. The second-order valence-corrected chi connectivity index (χ2v) is 5.62. The van der Waals surface area contributed by atoms with Gasteiger partial charge in [0.15, 0.2) is 0 Å². The van der Waals surface area contributed by atoms with Crippen molar-refractivity contribution < 1.29 is 4.79 Å². The van der Waals surface area contributed by atoms with Gasteiger partial charge in [-0.15, -0.1) is 0 Å². The minimum absolute atomic E-state index is 0.271. The number of rotatable bonds is 5. The molecule has 3 aromatic rings. The summed E-state index contributed by atoms with van der Waals surface area (Å²) in [5.74, 6) is -0.271. The van der Waals surface area contributed by atoms with E-state index in [1.54, 1.807) is 10.7 Å². The minimum Gasteiger partial charge on any atom is -0.266 e. The number of nitrogens with zero attached hydrogens (tertiary/aromatic N) is 3. The van der Waals surface area contributed by atoms with E-state index in [4.69, 9.17) is 0 Å². The molecule has 1 heterocycles. The van der Waals surface area contributed by atoms with Crippen LogP contribution in [0.25, 0.3) is 0 Å². The third-order valence-electron chi connectivity index (χ3n) is 3.80. The number of hydrogen-bond acceptors (Lipinski definition) is 3. The molecule has 0 saturated carbocycles. The Labute approximate surface area is 147 Å². The highest BCUT2D eigenvalue weighted by molar-refractivity contribution is 6.13. The lowest BCUT2D eigenvalue weighted by Gasteiger charge is -2.08. The molecular formula is C20H20N4O. The molecule has 3 rings (SSSR count). The van der Waals surface area contributed by atoms with Gasteiger partial charge in [0.25, 0.3) is 5.91 Å². The molecule has 126 valence electrons. The maximum atomic E-state index is 12.5. The predicted molar refractivity (Wildman–Crippen MR) is 98.6 cm³/mol. The summed E-state index contributed by atoms with van der Waals surface area (Å²) in [6.07, 6.45) is 0. The molecule has 0 unspecified atom stereocenters. The molecule has 0 bridgehead atoms. The molecular weight excluding hydrogens is 312 g/mol. The van der Waals surface area contributed by atoms with Gasteiger partial charge in [-0.2, -0.15) is 10.2 Å². The van der Waals surface area contributed by atoms with Gasteiger partial charge in [-0.3, -0.25) is 9.48 Å². The third-order valence-corrected chi connectivity index (χ3v) is 3.80. The lowest BCUT2D eigenvalue weighted by molar-refractivity contribution is 0.0944. The molecule has 0 radical (unpaired) electrons. The maximum absolute atomic E-state index is 12.5. The van der Waals surface area contributed by atoms with Crippen molar-refractivity contribution in [3.63, 3.8) is 0 Å². The van der Waals surface area contributed by atoms with E-state index >= 15 is 0 Å². The summed E-state index contributed by atoms with van der Waals surface area (Å²) in [6, 6.07) is 21.3. The Morgan fingerprint density at radius 1 is 1.04 bits per heavy atom.